The molecule has 0 aliphatic rings. The Balaban J connectivity index is 2.40. The molecule has 1 N–H and O–H groups in total. The molecule has 1 atom stereocenters. The van der Waals surface area contributed by atoms with E-state index in [-0.39, 0.29) is 12.2 Å². The Morgan fingerprint density at radius 1 is 1.15 bits per heavy atom. The molecule has 0 heterocycles. The third-order valence-electron chi connectivity index (χ3n) is 3.52. The summed E-state index contributed by atoms with van der Waals surface area (Å²) in [6.45, 7) is 5.67. The third kappa shape index (κ3) is 3.28. The van der Waals surface area contributed by atoms with Crippen molar-refractivity contribution in [3.05, 3.63) is 68.9 Å². The van der Waals surface area contributed by atoms with Crippen LogP contribution in [0, 0.1) is 19.7 Å². The standard InChI is InChI=1S/C17H18BrFO/c1-11-4-5-12(2)15(8-11)17(3,20)10-13-9-14(18)6-7-16(13)19/h4-9,20H,10H2,1-3H3. The van der Waals surface area contributed by atoms with Crippen LogP contribution >= 0.6 is 15.9 Å². The first-order valence-corrected chi connectivity index (χ1v) is 7.33. The highest BCUT2D eigenvalue weighted by Gasteiger charge is 2.26. The van der Waals surface area contributed by atoms with Gasteiger partial charge in [0.15, 0.2) is 0 Å². The Hall–Kier alpha value is -1.19. The monoisotopic (exact) mass is 336 g/mol. The second-order valence-corrected chi connectivity index (χ2v) is 6.42. The number of rotatable bonds is 3. The lowest BCUT2D eigenvalue weighted by molar-refractivity contribution is 0.0560. The van der Waals surface area contributed by atoms with Gasteiger partial charge >= 0.3 is 0 Å². The van der Waals surface area contributed by atoms with E-state index in [0.29, 0.717) is 5.56 Å². The smallest absolute Gasteiger partial charge is 0.126 e. The Morgan fingerprint density at radius 3 is 2.55 bits per heavy atom. The highest BCUT2D eigenvalue weighted by atomic mass is 79.9. The largest absolute Gasteiger partial charge is 0.385 e. The van der Waals surface area contributed by atoms with Crippen LogP contribution < -0.4 is 0 Å². The Bertz CT molecular complexity index is 635. The summed E-state index contributed by atoms with van der Waals surface area (Å²) in [5.74, 6) is -0.293. The second kappa shape index (κ2) is 5.66. The molecule has 0 saturated carbocycles. The van der Waals surface area contributed by atoms with Crippen molar-refractivity contribution >= 4 is 15.9 Å². The first-order chi connectivity index (χ1) is 9.29. The summed E-state index contributed by atoms with van der Waals surface area (Å²) >= 11 is 3.34. The Kier molecular flexibility index (Phi) is 4.31. The van der Waals surface area contributed by atoms with Gasteiger partial charge in [0, 0.05) is 10.9 Å². The molecule has 0 aliphatic heterocycles. The van der Waals surface area contributed by atoms with Crippen LogP contribution in [-0.2, 0) is 12.0 Å². The summed E-state index contributed by atoms with van der Waals surface area (Å²) in [6.07, 6.45) is 0.239. The van der Waals surface area contributed by atoms with Crippen molar-refractivity contribution in [2.75, 3.05) is 0 Å². The summed E-state index contributed by atoms with van der Waals surface area (Å²) < 4.78 is 14.7. The van der Waals surface area contributed by atoms with E-state index in [9.17, 15) is 9.50 Å². The highest BCUT2D eigenvalue weighted by Crippen LogP contribution is 2.30. The van der Waals surface area contributed by atoms with Gasteiger partial charge in [-0.3, -0.25) is 0 Å². The lowest BCUT2D eigenvalue weighted by Crippen LogP contribution is -2.26. The van der Waals surface area contributed by atoms with Gasteiger partial charge < -0.3 is 5.11 Å². The highest BCUT2D eigenvalue weighted by molar-refractivity contribution is 9.10. The number of hydrogen-bond donors (Lipinski definition) is 1. The van der Waals surface area contributed by atoms with E-state index < -0.39 is 5.60 Å². The maximum atomic E-state index is 13.9. The summed E-state index contributed by atoms with van der Waals surface area (Å²) in [5, 5.41) is 10.8. The molecule has 2 aromatic carbocycles. The van der Waals surface area contributed by atoms with E-state index in [4.69, 9.17) is 0 Å². The molecule has 20 heavy (non-hydrogen) atoms. The molecule has 0 fully saturated rings. The first-order valence-electron chi connectivity index (χ1n) is 6.53. The summed E-state index contributed by atoms with van der Waals surface area (Å²) in [6, 6.07) is 10.7. The van der Waals surface area contributed by atoms with Gasteiger partial charge in [-0.15, -0.1) is 0 Å². The molecular weight excluding hydrogens is 319 g/mol. The van der Waals surface area contributed by atoms with Crippen molar-refractivity contribution < 1.29 is 9.50 Å². The zero-order valence-corrected chi connectivity index (χ0v) is 13.5. The molecule has 0 aromatic heterocycles. The molecule has 2 aromatic rings. The molecule has 0 amide bonds. The number of hydrogen-bond acceptors (Lipinski definition) is 1. The van der Waals surface area contributed by atoms with E-state index in [2.05, 4.69) is 15.9 Å². The first kappa shape index (κ1) is 15.2. The van der Waals surface area contributed by atoms with Gasteiger partial charge in [0.2, 0.25) is 0 Å². The second-order valence-electron chi connectivity index (χ2n) is 5.50. The van der Waals surface area contributed by atoms with Gasteiger partial charge in [-0.2, -0.15) is 0 Å². The van der Waals surface area contributed by atoms with Crippen molar-refractivity contribution in [2.45, 2.75) is 32.8 Å². The average molecular weight is 337 g/mol. The number of aliphatic hydroxyl groups is 1. The van der Waals surface area contributed by atoms with Crippen LogP contribution in [0.2, 0.25) is 0 Å². The minimum Gasteiger partial charge on any atom is -0.385 e. The quantitative estimate of drug-likeness (QED) is 0.864. The molecule has 0 radical (unpaired) electrons. The van der Waals surface area contributed by atoms with Gasteiger partial charge in [0.1, 0.15) is 5.82 Å². The SMILES string of the molecule is Cc1ccc(C)c(C(C)(O)Cc2cc(Br)ccc2F)c1. The molecule has 2 rings (SSSR count). The lowest BCUT2D eigenvalue weighted by atomic mass is 9.85. The predicted octanol–water partition coefficient (Wildman–Crippen LogP) is 4.66. The van der Waals surface area contributed by atoms with Gasteiger partial charge in [-0.25, -0.2) is 4.39 Å². The third-order valence-corrected chi connectivity index (χ3v) is 4.01. The molecule has 0 bridgehead atoms. The van der Waals surface area contributed by atoms with Gasteiger partial charge in [-0.05, 0) is 55.7 Å². The summed E-state index contributed by atoms with van der Waals surface area (Å²) in [7, 11) is 0. The van der Waals surface area contributed by atoms with E-state index in [1.807, 2.05) is 32.0 Å². The van der Waals surface area contributed by atoms with Crippen LogP contribution in [0.15, 0.2) is 40.9 Å². The lowest BCUT2D eigenvalue weighted by Gasteiger charge is -2.26. The summed E-state index contributed by atoms with van der Waals surface area (Å²) in [4.78, 5) is 0. The fourth-order valence-electron chi connectivity index (χ4n) is 2.46. The fraction of sp³-hybridized carbons (Fsp3) is 0.294. The van der Waals surface area contributed by atoms with E-state index in [1.165, 1.54) is 6.07 Å². The number of aryl methyl sites for hydroxylation is 2. The van der Waals surface area contributed by atoms with Crippen molar-refractivity contribution in [3.63, 3.8) is 0 Å². The molecule has 0 spiro atoms. The number of benzene rings is 2. The topological polar surface area (TPSA) is 20.2 Å². The Labute approximate surface area is 127 Å². The van der Waals surface area contributed by atoms with Crippen LogP contribution in [0.25, 0.3) is 0 Å². The normalized spacial score (nSPS) is 14.1. The van der Waals surface area contributed by atoms with Crippen LogP contribution in [0.5, 0.6) is 0 Å². The molecule has 1 unspecified atom stereocenters. The zero-order valence-electron chi connectivity index (χ0n) is 11.9. The zero-order chi connectivity index (χ0) is 14.9. The van der Waals surface area contributed by atoms with Gasteiger partial charge in [-0.1, -0.05) is 39.7 Å². The molecule has 0 aliphatic carbocycles. The van der Waals surface area contributed by atoms with E-state index >= 15 is 0 Å². The summed E-state index contributed by atoms with van der Waals surface area (Å²) in [5.41, 5.74) is 2.34. The van der Waals surface area contributed by atoms with E-state index in [0.717, 1.165) is 21.2 Å². The molecule has 3 heteroatoms. The maximum absolute atomic E-state index is 13.9. The molecule has 1 nitrogen and oxygen atoms in total. The van der Waals surface area contributed by atoms with Crippen LogP contribution in [-0.4, -0.2) is 5.11 Å². The van der Waals surface area contributed by atoms with Crippen LogP contribution in [0.4, 0.5) is 4.39 Å². The average Bonchev–Trinajstić information content (AvgIpc) is 2.36. The minimum atomic E-state index is -1.10. The molecular formula is C17H18BrFO. The van der Waals surface area contributed by atoms with Crippen molar-refractivity contribution in [1.82, 2.24) is 0 Å². The maximum Gasteiger partial charge on any atom is 0.126 e. The van der Waals surface area contributed by atoms with E-state index in [1.54, 1.807) is 19.1 Å². The Morgan fingerprint density at radius 2 is 1.85 bits per heavy atom. The molecule has 0 saturated heterocycles. The van der Waals surface area contributed by atoms with Crippen LogP contribution in [0.3, 0.4) is 0 Å². The number of halogens is 2. The van der Waals surface area contributed by atoms with Crippen molar-refractivity contribution in [2.24, 2.45) is 0 Å². The minimum absolute atomic E-state index is 0.239. The van der Waals surface area contributed by atoms with Gasteiger partial charge in [0.05, 0.1) is 5.60 Å². The van der Waals surface area contributed by atoms with Crippen molar-refractivity contribution in [3.8, 4) is 0 Å². The van der Waals surface area contributed by atoms with Gasteiger partial charge in [0.25, 0.3) is 0 Å². The molecule has 106 valence electrons. The van der Waals surface area contributed by atoms with Crippen molar-refractivity contribution in [1.29, 1.82) is 0 Å². The van der Waals surface area contributed by atoms with Crippen LogP contribution in [0.1, 0.15) is 29.2 Å². The fourth-order valence-corrected chi connectivity index (χ4v) is 2.87. The predicted molar refractivity (Wildman–Crippen MR) is 83.3 cm³/mol.